The summed E-state index contributed by atoms with van der Waals surface area (Å²) in [6, 6.07) is 0. The number of halogens is 1. The van der Waals surface area contributed by atoms with Crippen LogP contribution in [-0.4, -0.2) is 29.5 Å². The van der Waals surface area contributed by atoms with Crippen LogP contribution >= 0.6 is 0 Å². The summed E-state index contributed by atoms with van der Waals surface area (Å²) >= 11 is 0. The second-order valence-corrected chi connectivity index (χ2v) is 13.4. The minimum Gasteiger partial charge on any atom is -0.459 e. The highest BCUT2D eigenvalue weighted by atomic mass is 19.1. The summed E-state index contributed by atoms with van der Waals surface area (Å²) in [4.78, 5) is 11.5. The minimum absolute atomic E-state index is 0.0339. The predicted octanol–water partition coefficient (Wildman–Crippen LogP) is 6.96. The van der Waals surface area contributed by atoms with Crippen LogP contribution in [0.2, 0.25) is 0 Å². The van der Waals surface area contributed by atoms with E-state index in [0.717, 1.165) is 30.6 Å². The molecule has 190 valence electrons. The quantitative estimate of drug-likeness (QED) is 0.432. The van der Waals surface area contributed by atoms with E-state index in [9.17, 15) is 9.90 Å². The van der Waals surface area contributed by atoms with E-state index in [1.54, 1.807) is 0 Å². The van der Waals surface area contributed by atoms with E-state index in [-0.39, 0.29) is 11.3 Å². The molecule has 0 saturated heterocycles. The molecule has 4 rings (SSSR count). The van der Waals surface area contributed by atoms with E-state index in [1.807, 2.05) is 0 Å². The lowest BCUT2D eigenvalue weighted by Gasteiger charge is -2.62. The molecule has 3 nitrogen and oxygen atoms in total. The summed E-state index contributed by atoms with van der Waals surface area (Å²) in [5.41, 5.74) is 0.173. The number of fused-ring (bicyclic) bond motifs is 5. The van der Waals surface area contributed by atoms with Crippen molar-refractivity contribution in [3.63, 3.8) is 0 Å². The number of esters is 1. The summed E-state index contributed by atoms with van der Waals surface area (Å²) in [5, 5.41) is 11.3. The molecule has 0 spiro atoms. The smallest absolute Gasteiger partial charge is 0.303 e. The first-order chi connectivity index (χ1) is 15.5. The van der Waals surface area contributed by atoms with Crippen molar-refractivity contribution in [1.29, 1.82) is 0 Å². The average molecular weight is 465 g/mol. The average Bonchev–Trinajstić information content (AvgIpc) is 3.06. The van der Waals surface area contributed by atoms with E-state index in [4.69, 9.17) is 4.74 Å². The number of rotatable bonds is 6. The lowest BCUT2D eigenvalue weighted by atomic mass is 9.43. The van der Waals surface area contributed by atoms with Crippen LogP contribution < -0.4 is 0 Å². The van der Waals surface area contributed by atoms with Crippen molar-refractivity contribution < 1.29 is 19.0 Å². The van der Waals surface area contributed by atoms with Crippen molar-refractivity contribution in [3.8, 4) is 0 Å². The zero-order valence-corrected chi connectivity index (χ0v) is 22.0. The van der Waals surface area contributed by atoms with E-state index in [2.05, 4.69) is 34.6 Å². The molecule has 1 N–H and O–H groups in total. The molecule has 0 aromatic rings. The number of carbonyl (C=O) groups excluding carboxylic acids is 1. The van der Waals surface area contributed by atoms with Gasteiger partial charge < -0.3 is 9.84 Å². The van der Waals surface area contributed by atoms with Gasteiger partial charge in [-0.05, 0) is 97.2 Å². The summed E-state index contributed by atoms with van der Waals surface area (Å²) < 4.78 is 20.6. The van der Waals surface area contributed by atoms with E-state index in [0.29, 0.717) is 36.0 Å². The van der Waals surface area contributed by atoms with Crippen LogP contribution in [0.15, 0.2) is 0 Å². The van der Waals surface area contributed by atoms with Crippen LogP contribution in [0, 0.1) is 52.3 Å². The van der Waals surface area contributed by atoms with Crippen LogP contribution in [0.5, 0.6) is 0 Å². The molecule has 0 bridgehead atoms. The van der Waals surface area contributed by atoms with Gasteiger partial charge in [-0.25, -0.2) is 4.39 Å². The molecule has 4 saturated carbocycles. The van der Waals surface area contributed by atoms with Crippen LogP contribution in [0.4, 0.5) is 4.39 Å². The minimum atomic E-state index is -1.12. The molecular formula is C29H49FO3. The number of carbonyl (C=O) groups is 1. The number of hydrogen-bond donors (Lipinski definition) is 1. The maximum atomic E-state index is 15.2. The van der Waals surface area contributed by atoms with Gasteiger partial charge in [-0.15, -0.1) is 0 Å². The van der Waals surface area contributed by atoms with Crippen molar-refractivity contribution in [2.45, 2.75) is 124 Å². The van der Waals surface area contributed by atoms with Crippen molar-refractivity contribution in [3.05, 3.63) is 0 Å². The number of alkyl halides is 1. The maximum Gasteiger partial charge on any atom is 0.303 e. The van der Waals surface area contributed by atoms with Crippen LogP contribution in [0.25, 0.3) is 0 Å². The van der Waals surface area contributed by atoms with Gasteiger partial charge in [0.25, 0.3) is 0 Å². The molecule has 4 unspecified atom stereocenters. The van der Waals surface area contributed by atoms with Gasteiger partial charge in [0.05, 0.1) is 6.10 Å². The van der Waals surface area contributed by atoms with E-state index >= 15 is 4.39 Å². The Labute approximate surface area is 201 Å². The highest BCUT2D eigenvalue weighted by molar-refractivity contribution is 5.66. The first-order valence-corrected chi connectivity index (χ1v) is 14.0. The molecule has 0 amide bonds. The number of hydrogen-bond acceptors (Lipinski definition) is 3. The van der Waals surface area contributed by atoms with Gasteiger partial charge in [0.1, 0.15) is 12.3 Å². The van der Waals surface area contributed by atoms with Gasteiger partial charge >= 0.3 is 5.97 Å². The summed E-state index contributed by atoms with van der Waals surface area (Å²) in [6.07, 6.45) is 8.54. The Morgan fingerprint density at radius 3 is 2.39 bits per heavy atom. The molecule has 0 aromatic carbocycles. The molecule has 0 radical (unpaired) electrons. The van der Waals surface area contributed by atoms with Gasteiger partial charge in [0.2, 0.25) is 0 Å². The van der Waals surface area contributed by atoms with Crippen molar-refractivity contribution in [2.24, 2.45) is 52.3 Å². The molecule has 4 heteroatoms. The number of ether oxygens (including phenoxy) is 1. The molecule has 0 aromatic heterocycles. The summed E-state index contributed by atoms with van der Waals surface area (Å²) in [7, 11) is 0. The molecular weight excluding hydrogens is 415 g/mol. The zero-order chi connectivity index (χ0) is 24.1. The summed E-state index contributed by atoms with van der Waals surface area (Å²) in [6.45, 7) is 13.3. The SMILES string of the molecule is CC(=O)OC1CC2C(O)C[C@H]3[C@@H]4CC[C@H]([C@H](C)CCCC(C)C)[C@@]4(C)CC[C@@H]3[C@@]2(C)CC1F. The second kappa shape index (κ2) is 9.43. The monoisotopic (exact) mass is 464 g/mol. The first-order valence-electron chi connectivity index (χ1n) is 14.0. The summed E-state index contributed by atoms with van der Waals surface area (Å²) in [5.74, 6) is 3.60. The highest BCUT2D eigenvalue weighted by Gasteiger charge is 2.63. The van der Waals surface area contributed by atoms with Crippen LogP contribution in [0.3, 0.4) is 0 Å². The maximum absolute atomic E-state index is 15.2. The molecule has 0 heterocycles. The normalized spacial score (nSPS) is 48.0. The third kappa shape index (κ3) is 4.52. The Kier molecular flexibility index (Phi) is 7.27. The highest BCUT2D eigenvalue weighted by Crippen LogP contribution is 2.68. The largest absolute Gasteiger partial charge is 0.459 e. The van der Waals surface area contributed by atoms with Crippen molar-refractivity contribution in [2.75, 3.05) is 0 Å². The molecule has 33 heavy (non-hydrogen) atoms. The van der Waals surface area contributed by atoms with Gasteiger partial charge in [0.15, 0.2) is 0 Å². The second-order valence-electron chi connectivity index (χ2n) is 13.4. The standard InChI is InChI=1S/C29H49FO3/c1-17(2)8-7-9-18(3)21-10-11-22-20-14-26(32)24-15-27(33-19(4)31)25(30)16-29(24,6)23(20)12-13-28(21,22)5/h17-18,20-27,32H,7-16H2,1-6H3/t18-,20+,21-,22+,23+,24?,25?,26?,27?,28-,29-/m1/s1. The van der Waals surface area contributed by atoms with Gasteiger partial charge in [0, 0.05) is 6.92 Å². The Morgan fingerprint density at radius 1 is 1.03 bits per heavy atom. The number of aliphatic hydroxyl groups excluding tert-OH is 1. The third-order valence-electron chi connectivity index (χ3n) is 11.2. The van der Waals surface area contributed by atoms with Crippen LogP contribution in [0.1, 0.15) is 106 Å². The van der Waals surface area contributed by atoms with E-state index < -0.39 is 24.3 Å². The fourth-order valence-electron chi connectivity index (χ4n) is 9.63. The zero-order valence-electron chi connectivity index (χ0n) is 22.0. The fourth-order valence-corrected chi connectivity index (χ4v) is 9.63. The third-order valence-corrected chi connectivity index (χ3v) is 11.2. The topological polar surface area (TPSA) is 46.5 Å². The first kappa shape index (κ1) is 25.5. The van der Waals surface area contributed by atoms with Crippen LogP contribution in [-0.2, 0) is 9.53 Å². The molecule has 4 fully saturated rings. The van der Waals surface area contributed by atoms with Gasteiger partial charge in [-0.1, -0.05) is 53.9 Å². The molecule has 4 aliphatic rings. The molecule has 4 aliphatic carbocycles. The number of aliphatic hydroxyl groups is 1. The lowest BCUT2D eigenvalue weighted by molar-refractivity contribution is -0.196. The van der Waals surface area contributed by atoms with Crippen molar-refractivity contribution >= 4 is 5.97 Å². The van der Waals surface area contributed by atoms with Gasteiger partial charge in [-0.2, -0.15) is 0 Å². The fraction of sp³-hybridized carbons (Fsp3) is 0.966. The Hall–Kier alpha value is -0.640. The van der Waals surface area contributed by atoms with Gasteiger partial charge in [-0.3, -0.25) is 4.79 Å². The van der Waals surface area contributed by atoms with Crippen molar-refractivity contribution in [1.82, 2.24) is 0 Å². The predicted molar refractivity (Wildman–Crippen MR) is 130 cm³/mol. The lowest BCUT2D eigenvalue weighted by Crippen LogP contribution is -2.60. The Balaban J connectivity index is 1.50. The van der Waals surface area contributed by atoms with E-state index in [1.165, 1.54) is 45.4 Å². The molecule has 11 atom stereocenters. The Morgan fingerprint density at radius 2 is 1.73 bits per heavy atom. The Bertz CT molecular complexity index is 709. The molecule has 0 aliphatic heterocycles.